The summed E-state index contributed by atoms with van der Waals surface area (Å²) >= 11 is 3.41. The summed E-state index contributed by atoms with van der Waals surface area (Å²) in [6.45, 7) is 1.81. The molecule has 19 heavy (non-hydrogen) atoms. The van der Waals surface area contributed by atoms with Crippen LogP contribution in [0.1, 0.15) is 36.0 Å². The topological polar surface area (TPSA) is 46.3 Å². The van der Waals surface area contributed by atoms with Crippen molar-refractivity contribution in [3.8, 4) is 0 Å². The predicted octanol–water partition coefficient (Wildman–Crippen LogP) is 3.29. The number of anilines is 1. The van der Waals surface area contributed by atoms with Gasteiger partial charge in [-0.3, -0.25) is 4.79 Å². The Kier molecular flexibility index (Phi) is 3.52. The largest absolute Gasteiger partial charge is 0.398 e. The molecule has 0 bridgehead atoms. The second-order valence-electron chi connectivity index (χ2n) is 5.83. The average Bonchev–Trinajstić information content (AvgIpc) is 3.25. The summed E-state index contributed by atoms with van der Waals surface area (Å²) in [5, 5.41) is 0. The van der Waals surface area contributed by atoms with E-state index in [-0.39, 0.29) is 5.91 Å². The van der Waals surface area contributed by atoms with E-state index < -0.39 is 0 Å². The average molecular weight is 323 g/mol. The van der Waals surface area contributed by atoms with E-state index in [1.54, 1.807) is 6.07 Å². The molecule has 2 aliphatic rings. The highest BCUT2D eigenvalue weighted by Gasteiger charge is 2.32. The molecule has 1 aromatic carbocycles. The zero-order valence-electron chi connectivity index (χ0n) is 10.9. The van der Waals surface area contributed by atoms with E-state index in [0.717, 1.165) is 29.4 Å². The number of carbonyl (C=O) groups is 1. The van der Waals surface area contributed by atoms with Crippen LogP contribution in [0.4, 0.5) is 5.69 Å². The summed E-state index contributed by atoms with van der Waals surface area (Å²) in [6, 6.07) is 5.51. The Bertz CT molecular complexity index is 481. The van der Waals surface area contributed by atoms with Gasteiger partial charge in [-0.1, -0.05) is 15.9 Å². The Morgan fingerprint density at radius 1 is 1.21 bits per heavy atom. The lowest BCUT2D eigenvalue weighted by Gasteiger charge is -2.23. The highest BCUT2D eigenvalue weighted by molar-refractivity contribution is 9.10. The zero-order valence-corrected chi connectivity index (χ0v) is 12.5. The second-order valence-corrected chi connectivity index (χ2v) is 6.74. The van der Waals surface area contributed by atoms with Gasteiger partial charge < -0.3 is 10.6 Å². The van der Waals surface area contributed by atoms with Crippen molar-refractivity contribution in [1.29, 1.82) is 0 Å². The lowest BCUT2D eigenvalue weighted by molar-refractivity contribution is 0.0740. The number of benzene rings is 1. The fourth-order valence-corrected chi connectivity index (χ4v) is 2.71. The molecule has 1 aromatic rings. The number of nitrogen functional groups attached to an aromatic ring is 1. The van der Waals surface area contributed by atoms with Crippen molar-refractivity contribution in [1.82, 2.24) is 4.90 Å². The van der Waals surface area contributed by atoms with Crippen LogP contribution >= 0.6 is 15.9 Å². The molecule has 0 aliphatic heterocycles. The van der Waals surface area contributed by atoms with Crippen LogP contribution < -0.4 is 5.73 Å². The number of amides is 1. The Hall–Kier alpha value is -1.03. The van der Waals surface area contributed by atoms with E-state index in [1.807, 2.05) is 17.0 Å². The number of halogens is 1. The van der Waals surface area contributed by atoms with E-state index in [2.05, 4.69) is 15.9 Å². The molecule has 0 unspecified atom stereocenters. The van der Waals surface area contributed by atoms with Crippen LogP contribution in [0.5, 0.6) is 0 Å². The fourth-order valence-electron chi connectivity index (χ4n) is 2.35. The van der Waals surface area contributed by atoms with Crippen molar-refractivity contribution < 1.29 is 4.79 Å². The molecule has 4 heteroatoms. The van der Waals surface area contributed by atoms with E-state index >= 15 is 0 Å². The quantitative estimate of drug-likeness (QED) is 0.845. The van der Waals surface area contributed by atoms with E-state index in [4.69, 9.17) is 5.73 Å². The van der Waals surface area contributed by atoms with E-state index in [9.17, 15) is 4.79 Å². The Morgan fingerprint density at radius 2 is 1.79 bits per heavy atom. The SMILES string of the molecule is Nc1ccc(Br)cc1C(=O)N(CC1CC1)CC1CC1. The Morgan fingerprint density at radius 3 is 2.32 bits per heavy atom. The first kappa shape index (κ1) is 13.0. The zero-order chi connectivity index (χ0) is 13.4. The van der Waals surface area contributed by atoms with Crippen molar-refractivity contribution in [3.63, 3.8) is 0 Å². The third kappa shape index (κ3) is 3.30. The second kappa shape index (κ2) is 5.16. The van der Waals surface area contributed by atoms with Crippen molar-refractivity contribution >= 4 is 27.5 Å². The van der Waals surface area contributed by atoms with Gasteiger partial charge in [0.1, 0.15) is 0 Å². The number of hydrogen-bond acceptors (Lipinski definition) is 2. The lowest BCUT2D eigenvalue weighted by Crippen LogP contribution is -2.35. The van der Waals surface area contributed by atoms with Crippen LogP contribution in [0.15, 0.2) is 22.7 Å². The van der Waals surface area contributed by atoms with Crippen LogP contribution in [0.2, 0.25) is 0 Å². The molecule has 0 aromatic heterocycles. The molecule has 0 saturated heterocycles. The summed E-state index contributed by atoms with van der Waals surface area (Å²) in [5.74, 6) is 1.53. The number of nitrogens with two attached hydrogens (primary N) is 1. The minimum Gasteiger partial charge on any atom is -0.398 e. The maximum Gasteiger partial charge on any atom is 0.256 e. The van der Waals surface area contributed by atoms with Crippen molar-refractivity contribution in [2.75, 3.05) is 18.8 Å². The predicted molar refractivity (Wildman–Crippen MR) is 79.9 cm³/mol. The lowest BCUT2D eigenvalue weighted by atomic mass is 10.1. The number of nitrogens with zero attached hydrogens (tertiary/aromatic N) is 1. The molecule has 102 valence electrons. The van der Waals surface area contributed by atoms with Crippen molar-refractivity contribution in [2.24, 2.45) is 11.8 Å². The summed E-state index contributed by atoms with van der Waals surface area (Å²) in [6.07, 6.45) is 5.07. The highest BCUT2D eigenvalue weighted by Crippen LogP contribution is 2.34. The first-order chi connectivity index (χ1) is 9.13. The van der Waals surface area contributed by atoms with Gasteiger partial charge in [-0.05, 0) is 55.7 Å². The van der Waals surface area contributed by atoms with Gasteiger partial charge in [-0.2, -0.15) is 0 Å². The summed E-state index contributed by atoms with van der Waals surface area (Å²) in [7, 11) is 0. The normalized spacial score (nSPS) is 18.4. The maximum absolute atomic E-state index is 12.7. The van der Waals surface area contributed by atoms with Crippen LogP contribution in [0, 0.1) is 11.8 Å². The molecule has 2 N–H and O–H groups in total. The van der Waals surface area contributed by atoms with Gasteiger partial charge in [0, 0.05) is 23.2 Å². The molecule has 2 saturated carbocycles. The molecule has 0 heterocycles. The number of rotatable bonds is 5. The summed E-state index contributed by atoms with van der Waals surface area (Å²) in [5.41, 5.74) is 7.16. The van der Waals surface area contributed by atoms with Crippen LogP contribution in [-0.2, 0) is 0 Å². The maximum atomic E-state index is 12.7. The molecule has 0 spiro atoms. The third-order valence-corrected chi connectivity index (χ3v) is 4.38. The Balaban J connectivity index is 1.78. The summed E-state index contributed by atoms with van der Waals surface area (Å²) < 4.78 is 0.905. The minimum atomic E-state index is 0.0950. The first-order valence-corrected chi connectivity index (χ1v) is 7.77. The van der Waals surface area contributed by atoms with Gasteiger partial charge in [-0.25, -0.2) is 0 Å². The van der Waals surface area contributed by atoms with E-state index in [1.165, 1.54) is 25.7 Å². The summed E-state index contributed by atoms with van der Waals surface area (Å²) in [4.78, 5) is 14.7. The molecular formula is C15H19BrN2O. The van der Waals surface area contributed by atoms with E-state index in [0.29, 0.717) is 11.3 Å². The molecule has 0 radical (unpaired) electrons. The molecular weight excluding hydrogens is 304 g/mol. The van der Waals surface area contributed by atoms with Gasteiger partial charge in [0.25, 0.3) is 5.91 Å². The smallest absolute Gasteiger partial charge is 0.256 e. The molecule has 3 rings (SSSR count). The Labute approximate surface area is 122 Å². The standard InChI is InChI=1S/C15H19BrN2O/c16-12-5-6-14(17)13(7-12)15(19)18(8-10-1-2-10)9-11-3-4-11/h5-7,10-11H,1-4,8-9,17H2. The molecule has 0 atom stereocenters. The van der Waals surface area contributed by atoms with Crippen LogP contribution in [0.25, 0.3) is 0 Å². The van der Waals surface area contributed by atoms with Crippen LogP contribution in [0.3, 0.4) is 0 Å². The molecule has 2 fully saturated rings. The molecule has 3 nitrogen and oxygen atoms in total. The van der Waals surface area contributed by atoms with Crippen molar-refractivity contribution in [2.45, 2.75) is 25.7 Å². The first-order valence-electron chi connectivity index (χ1n) is 6.98. The van der Waals surface area contributed by atoms with Gasteiger partial charge >= 0.3 is 0 Å². The van der Waals surface area contributed by atoms with Crippen LogP contribution in [-0.4, -0.2) is 23.9 Å². The molecule has 2 aliphatic carbocycles. The number of carbonyl (C=O) groups excluding carboxylic acids is 1. The number of hydrogen-bond donors (Lipinski definition) is 1. The van der Waals surface area contributed by atoms with Gasteiger partial charge in [0.15, 0.2) is 0 Å². The van der Waals surface area contributed by atoms with Gasteiger partial charge in [0.2, 0.25) is 0 Å². The monoisotopic (exact) mass is 322 g/mol. The fraction of sp³-hybridized carbons (Fsp3) is 0.533. The minimum absolute atomic E-state index is 0.0950. The van der Waals surface area contributed by atoms with Gasteiger partial charge in [-0.15, -0.1) is 0 Å². The highest BCUT2D eigenvalue weighted by atomic mass is 79.9. The third-order valence-electron chi connectivity index (χ3n) is 3.88. The molecule has 1 amide bonds. The van der Waals surface area contributed by atoms with Gasteiger partial charge in [0.05, 0.1) is 5.56 Å². The van der Waals surface area contributed by atoms with Crippen molar-refractivity contribution in [3.05, 3.63) is 28.2 Å².